The zero-order chi connectivity index (χ0) is 14.5. The van der Waals surface area contributed by atoms with E-state index in [2.05, 4.69) is 12.2 Å². The van der Waals surface area contributed by atoms with Gasteiger partial charge in [-0.1, -0.05) is 29.8 Å². The Balaban J connectivity index is 1.96. The van der Waals surface area contributed by atoms with Gasteiger partial charge < -0.3 is 15.2 Å². The van der Waals surface area contributed by atoms with E-state index in [1.54, 1.807) is 19.2 Å². The number of phenols is 1. The highest BCUT2D eigenvalue weighted by atomic mass is 35.5. The lowest BCUT2D eigenvalue weighted by Crippen LogP contribution is -2.17. The summed E-state index contributed by atoms with van der Waals surface area (Å²) in [7, 11) is 1.66. The lowest BCUT2D eigenvalue weighted by atomic mass is 10.1. The molecule has 0 bridgehead atoms. The van der Waals surface area contributed by atoms with Crippen molar-refractivity contribution >= 4 is 11.6 Å². The van der Waals surface area contributed by atoms with Crippen LogP contribution in [0.3, 0.4) is 0 Å². The number of aromatic hydroxyl groups is 1. The van der Waals surface area contributed by atoms with Crippen LogP contribution in [0.15, 0.2) is 42.5 Å². The van der Waals surface area contributed by atoms with E-state index in [0.717, 1.165) is 11.3 Å². The number of hydrogen-bond donors (Lipinski definition) is 2. The van der Waals surface area contributed by atoms with Gasteiger partial charge in [-0.25, -0.2) is 0 Å². The fraction of sp³-hybridized carbons (Fsp3) is 0.250. The van der Waals surface area contributed by atoms with Crippen molar-refractivity contribution in [3.05, 3.63) is 58.6 Å². The molecule has 0 spiro atoms. The Bertz CT molecular complexity index is 569. The largest absolute Gasteiger partial charge is 0.506 e. The van der Waals surface area contributed by atoms with E-state index in [4.69, 9.17) is 16.3 Å². The van der Waals surface area contributed by atoms with Crippen LogP contribution in [0.1, 0.15) is 24.1 Å². The molecular weight excluding hydrogens is 274 g/mol. The number of phenolic OH excluding ortho intramolecular Hbond substituents is 1. The Hall–Kier alpha value is -1.71. The van der Waals surface area contributed by atoms with Gasteiger partial charge in [-0.05, 0) is 42.3 Å². The molecule has 0 aromatic heterocycles. The predicted molar refractivity (Wildman–Crippen MR) is 81.4 cm³/mol. The second-order valence-corrected chi connectivity index (χ2v) is 5.07. The molecule has 0 aliphatic rings. The lowest BCUT2D eigenvalue weighted by molar-refractivity contribution is 0.414. The van der Waals surface area contributed by atoms with Crippen molar-refractivity contribution in [3.8, 4) is 11.5 Å². The molecule has 0 fully saturated rings. The molecule has 0 amide bonds. The van der Waals surface area contributed by atoms with Gasteiger partial charge in [0.2, 0.25) is 0 Å². The molecule has 106 valence electrons. The molecule has 0 aliphatic heterocycles. The number of methoxy groups -OCH3 is 1. The van der Waals surface area contributed by atoms with E-state index in [0.29, 0.717) is 11.6 Å². The highest BCUT2D eigenvalue weighted by Crippen LogP contribution is 2.24. The molecule has 2 aromatic rings. The summed E-state index contributed by atoms with van der Waals surface area (Å²) in [5.41, 5.74) is 2.23. The SMILES string of the molecule is COc1ccc(C(C)NCc2ccc(O)c(Cl)c2)cc1. The summed E-state index contributed by atoms with van der Waals surface area (Å²) in [6.07, 6.45) is 0. The highest BCUT2D eigenvalue weighted by Gasteiger charge is 2.06. The van der Waals surface area contributed by atoms with Gasteiger partial charge in [0.15, 0.2) is 0 Å². The third-order valence-corrected chi connectivity index (χ3v) is 3.54. The van der Waals surface area contributed by atoms with Crippen LogP contribution >= 0.6 is 11.6 Å². The van der Waals surface area contributed by atoms with Crippen LogP contribution in [-0.2, 0) is 6.54 Å². The van der Waals surface area contributed by atoms with E-state index in [9.17, 15) is 5.11 Å². The van der Waals surface area contributed by atoms with Crippen LogP contribution in [0, 0.1) is 0 Å². The molecule has 0 aliphatic carbocycles. The minimum Gasteiger partial charge on any atom is -0.506 e. The first-order valence-electron chi connectivity index (χ1n) is 6.45. The fourth-order valence-corrected chi connectivity index (χ4v) is 2.14. The summed E-state index contributed by atoms with van der Waals surface area (Å²) >= 11 is 5.89. The molecule has 0 saturated carbocycles. The van der Waals surface area contributed by atoms with Crippen LogP contribution in [0.2, 0.25) is 5.02 Å². The summed E-state index contributed by atoms with van der Waals surface area (Å²) in [4.78, 5) is 0. The fourth-order valence-electron chi connectivity index (χ4n) is 1.94. The molecule has 3 nitrogen and oxygen atoms in total. The monoisotopic (exact) mass is 291 g/mol. The standard InChI is InChI=1S/C16H18ClNO2/c1-11(13-4-6-14(20-2)7-5-13)18-10-12-3-8-16(19)15(17)9-12/h3-9,11,18-19H,10H2,1-2H3. The zero-order valence-electron chi connectivity index (χ0n) is 11.6. The van der Waals surface area contributed by atoms with Gasteiger partial charge in [0, 0.05) is 12.6 Å². The number of benzene rings is 2. The average Bonchev–Trinajstić information content (AvgIpc) is 2.48. The molecule has 4 heteroatoms. The van der Waals surface area contributed by atoms with Crippen LogP contribution in [0.5, 0.6) is 11.5 Å². The van der Waals surface area contributed by atoms with Crippen molar-refractivity contribution in [3.63, 3.8) is 0 Å². The molecule has 1 unspecified atom stereocenters. The van der Waals surface area contributed by atoms with Crippen molar-refractivity contribution < 1.29 is 9.84 Å². The molecule has 2 rings (SSSR count). The maximum atomic E-state index is 9.38. The normalized spacial score (nSPS) is 12.2. The summed E-state index contributed by atoms with van der Waals surface area (Å²) in [5, 5.41) is 13.2. The van der Waals surface area contributed by atoms with E-state index < -0.39 is 0 Å². The molecule has 0 saturated heterocycles. The Morgan fingerprint density at radius 1 is 1.20 bits per heavy atom. The van der Waals surface area contributed by atoms with Gasteiger partial charge in [-0.2, -0.15) is 0 Å². The van der Waals surface area contributed by atoms with Crippen LogP contribution in [-0.4, -0.2) is 12.2 Å². The van der Waals surface area contributed by atoms with Gasteiger partial charge in [0.25, 0.3) is 0 Å². The highest BCUT2D eigenvalue weighted by molar-refractivity contribution is 6.32. The Kier molecular flexibility index (Phi) is 4.88. The van der Waals surface area contributed by atoms with E-state index in [1.807, 2.05) is 30.3 Å². The zero-order valence-corrected chi connectivity index (χ0v) is 12.3. The van der Waals surface area contributed by atoms with Gasteiger partial charge in [0.05, 0.1) is 12.1 Å². The number of ether oxygens (including phenoxy) is 1. The molecule has 0 heterocycles. The first-order chi connectivity index (χ1) is 9.60. The van der Waals surface area contributed by atoms with Crippen molar-refractivity contribution in [2.45, 2.75) is 19.5 Å². The van der Waals surface area contributed by atoms with Crippen LogP contribution < -0.4 is 10.1 Å². The summed E-state index contributed by atoms with van der Waals surface area (Å²) < 4.78 is 5.14. The molecule has 20 heavy (non-hydrogen) atoms. The second-order valence-electron chi connectivity index (χ2n) is 4.66. The van der Waals surface area contributed by atoms with Crippen molar-refractivity contribution in [2.24, 2.45) is 0 Å². The Morgan fingerprint density at radius 2 is 1.90 bits per heavy atom. The summed E-state index contributed by atoms with van der Waals surface area (Å²) in [6.45, 7) is 2.79. The minimum absolute atomic E-state index is 0.110. The molecule has 0 radical (unpaired) electrons. The number of nitrogens with one attached hydrogen (secondary N) is 1. The molecule has 2 N–H and O–H groups in total. The van der Waals surface area contributed by atoms with E-state index in [-0.39, 0.29) is 11.8 Å². The smallest absolute Gasteiger partial charge is 0.134 e. The molecule has 1 atom stereocenters. The Labute approximate surface area is 124 Å². The van der Waals surface area contributed by atoms with Gasteiger partial charge >= 0.3 is 0 Å². The predicted octanol–water partition coefficient (Wildman–Crippen LogP) is 3.91. The van der Waals surface area contributed by atoms with Gasteiger partial charge in [-0.15, -0.1) is 0 Å². The van der Waals surface area contributed by atoms with Gasteiger partial charge in [0.1, 0.15) is 11.5 Å². The number of hydrogen-bond acceptors (Lipinski definition) is 3. The molecular formula is C16H18ClNO2. The van der Waals surface area contributed by atoms with Crippen LogP contribution in [0.25, 0.3) is 0 Å². The summed E-state index contributed by atoms with van der Waals surface area (Å²) in [5.74, 6) is 0.963. The van der Waals surface area contributed by atoms with E-state index >= 15 is 0 Å². The van der Waals surface area contributed by atoms with Crippen molar-refractivity contribution in [1.29, 1.82) is 0 Å². The minimum atomic E-state index is 0.110. The number of rotatable bonds is 5. The third-order valence-electron chi connectivity index (χ3n) is 3.24. The maximum Gasteiger partial charge on any atom is 0.134 e. The van der Waals surface area contributed by atoms with E-state index in [1.165, 1.54) is 5.56 Å². The lowest BCUT2D eigenvalue weighted by Gasteiger charge is -2.15. The van der Waals surface area contributed by atoms with Gasteiger partial charge in [-0.3, -0.25) is 0 Å². The first kappa shape index (κ1) is 14.7. The third kappa shape index (κ3) is 3.65. The molecule has 2 aromatic carbocycles. The van der Waals surface area contributed by atoms with Crippen LogP contribution in [0.4, 0.5) is 0 Å². The topological polar surface area (TPSA) is 41.5 Å². The Morgan fingerprint density at radius 3 is 2.50 bits per heavy atom. The second kappa shape index (κ2) is 6.64. The quantitative estimate of drug-likeness (QED) is 0.878. The number of halogens is 1. The average molecular weight is 292 g/mol. The van der Waals surface area contributed by atoms with Crippen molar-refractivity contribution in [1.82, 2.24) is 5.32 Å². The summed E-state index contributed by atoms with van der Waals surface area (Å²) in [6, 6.07) is 13.4. The first-order valence-corrected chi connectivity index (χ1v) is 6.82. The van der Waals surface area contributed by atoms with Crippen molar-refractivity contribution in [2.75, 3.05) is 7.11 Å². The maximum absolute atomic E-state index is 9.38.